The summed E-state index contributed by atoms with van der Waals surface area (Å²) in [5, 5.41) is 5.35. The van der Waals surface area contributed by atoms with E-state index in [1.54, 1.807) is 0 Å². The van der Waals surface area contributed by atoms with Crippen LogP contribution in [0.15, 0.2) is 48.5 Å². The van der Waals surface area contributed by atoms with E-state index in [9.17, 15) is 22.8 Å². The predicted octanol–water partition coefficient (Wildman–Crippen LogP) is 3.63. The number of carbonyl (C=O) groups is 2. The maximum absolute atomic E-state index is 12.5. The monoisotopic (exact) mass is 376 g/mol. The predicted molar refractivity (Wildman–Crippen MR) is 94.0 cm³/mol. The molecule has 0 saturated carbocycles. The van der Waals surface area contributed by atoms with Crippen molar-refractivity contribution in [2.45, 2.75) is 31.5 Å². The van der Waals surface area contributed by atoms with Crippen LogP contribution in [0.25, 0.3) is 0 Å². The maximum Gasteiger partial charge on any atom is 0.416 e. The van der Waals surface area contributed by atoms with Gasteiger partial charge in [-0.3, -0.25) is 9.59 Å². The number of hydrogen-bond donors (Lipinski definition) is 2. The van der Waals surface area contributed by atoms with E-state index in [1.165, 1.54) is 5.56 Å². The van der Waals surface area contributed by atoms with Crippen molar-refractivity contribution in [1.82, 2.24) is 10.6 Å². The number of hydrogen-bond acceptors (Lipinski definition) is 2. The lowest BCUT2D eigenvalue weighted by Gasteiger charge is -2.26. The molecule has 2 amide bonds. The molecule has 4 nitrogen and oxygen atoms in total. The number of nitrogens with one attached hydrogen (secondary N) is 2. The number of carbonyl (C=O) groups excluding carboxylic acids is 2. The lowest BCUT2D eigenvalue weighted by atomic mass is 9.88. The first kappa shape index (κ1) is 18.9. The highest BCUT2D eigenvalue weighted by molar-refractivity contribution is 5.96. The van der Waals surface area contributed by atoms with E-state index < -0.39 is 17.6 Å². The average Bonchev–Trinajstić information content (AvgIpc) is 2.66. The van der Waals surface area contributed by atoms with Crippen LogP contribution >= 0.6 is 0 Å². The molecule has 2 N–H and O–H groups in total. The van der Waals surface area contributed by atoms with Gasteiger partial charge in [-0.2, -0.15) is 13.2 Å². The molecule has 2 aromatic carbocycles. The van der Waals surface area contributed by atoms with Crippen molar-refractivity contribution in [2.24, 2.45) is 0 Å². The minimum atomic E-state index is -4.45. The smallest absolute Gasteiger partial charge is 0.348 e. The summed E-state index contributed by atoms with van der Waals surface area (Å²) in [6.45, 7) is -0.238. The molecule has 0 bridgehead atoms. The normalized spacial score (nSPS) is 16.3. The number of alkyl halides is 3. The van der Waals surface area contributed by atoms with Crippen LogP contribution < -0.4 is 10.6 Å². The van der Waals surface area contributed by atoms with Crippen molar-refractivity contribution in [2.75, 3.05) is 6.54 Å². The molecule has 7 heteroatoms. The summed E-state index contributed by atoms with van der Waals surface area (Å²) in [6.07, 6.45) is -1.67. The largest absolute Gasteiger partial charge is 0.416 e. The zero-order chi connectivity index (χ0) is 19.4. The molecule has 1 aliphatic rings. The summed E-state index contributed by atoms with van der Waals surface area (Å²) in [7, 11) is 0. The van der Waals surface area contributed by atoms with Crippen molar-refractivity contribution < 1.29 is 22.8 Å². The van der Waals surface area contributed by atoms with E-state index in [0.29, 0.717) is 0 Å². The molecule has 27 heavy (non-hydrogen) atoms. The summed E-state index contributed by atoms with van der Waals surface area (Å²) < 4.78 is 37.6. The highest BCUT2D eigenvalue weighted by Crippen LogP contribution is 2.30. The number of halogens is 3. The van der Waals surface area contributed by atoms with Gasteiger partial charge in [0.2, 0.25) is 5.91 Å². The van der Waals surface area contributed by atoms with Gasteiger partial charge in [0.25, 0.3) is 5.91 Å². The van der Waals surface area contributed by atoms with E-state index in [0.717, 1.165) is 49.1 Å². The SMILES string of the molecule is O=C(CNC(=O)c1ccc(C(F)(F)F)cc1)N[C@H]1CCCc2ccccc21. The van der Waals surface area contributed by atoms with Crippen LogP contribution in [0.5, 0.6) is 0 Å². The van der Waals surface area contributed by atoms with Crippen molar-refractivity contribution in [3.8, 4) is 0 Å². The first-order valence-corrected chi connectivity index (χ1v) is 8.67. The molecule has 0 spiro atoms. The van der Waals surface area contributed by atoms with Gasteiger partial charge in [-0.05, 0) is 54.7 Å². The van der Waals surface area contributed by atoms with Gasteiger partial charge in [0, 0.05) is 5.56 Å². The summed E-state index contributed by atoms with van der Waals surface area (Å²) in [5.74, 6) is -0.931. The number of aryl methyl sites for hydroxylation is 1. The van der Waals surface area contributed by atoms with Gasteiger partial charge < -0.3 is 10.6 Å². The van der Waals surface area contributed by atoms with Crippen molar-refractivity contribution >= 4 is 11.8 Å². The van der Waals surface area contributed by atoms with Gasteiger partial charge in [0.15, 0.2) is 0 Å². The fourth-order valence-corrected chi connectivity index (χ4v) is 3.22. The Morgan fingerprint density at radius 3 is 2.44 bits per heavy atom. The summed E-state index contributed by atoms with van der Waals surface area (Å²) in [4.78, 5) is 24.2. The fraction of sp³-hybridized carbons (Fsp3) is 0.300. The molecule has 0 heterocycles. The molecule has 0 fully saturated rings. The molecular weight excluding hydrogens is 357 g/mol. The van der Waals surface area contributed by atoms with Crippen LogP contribution in [0.4, 0.5) is 13.2 Å². The number of rotatable bonds is 4. The van der Waals surface area contributed by atoms with Gasteiger partial charge in [-0.25, -0.2) is 0 Å². The van der Waals surface area contributed by atoms with Crippen LogP contribution in [-0.2, 0) is 17.4 Å². The lowest BCUT2D eigenvalue weighted by molar-refractivity contribution is -0.137. The number of amides is 2. The second-order valence-electron chi connectivity index (χ2n) is 6.47. The van der Waals surface area contributed by atoms with Gasteiger partial charge in [0.05, 0.1) is 18.2 Å². The standard InChI is InChI=1S/C20H19F3N2O2/c21-20(22,23)15-10-8-14(9-11-15)19(27)24-12-18(26)25-17-7-3-5-13-4-1-2-6-16(13)17/h1-2,4,6,8-11,17H,3,5,7,12H2,(H,24,27)(H,25,26)/t17-/m0/s1. The quantitative estimate of drug-likeness (QED) is 0.856. The summed E-state index contributed by atoms with van der Waals surface area (Å²) >= 11 is 0. The topological polar surface area (TPSA) is 58.2 Å². The molecule has 142 valence electrons. The Labute approximate surface area is 154 Å². The van der Waals surface area contributed by atoms with E-state index in [1.807, 2.05) is 24.3 Å². The summed E-state index contributed by atoms with van der Waals surface area (Å²) in [5.41, 5.74) is 1.54. The molecule has 1 aliphatic carbocycles. The Bertz CT molecular complexity index is 832. The molecule has 3 rings (SSSR count). The molecule has 0 aliphatic heterocycles. The lowest BCUT2D eigenvalue weighted by Crippen LogP contribution is -2.39. The van der Waals surface area contributed by atoms with Crippen LogP contribution in [0.2, 0.25) is 0 Å². The zero-order valence-corrected chi connectivity index (χ0v) is 14.5. The number of benzene rings is 2. The van der Waals surface area contributed by atoms with Crippen LogP contribution in [0.1, 0.15) is 45.9 Å². The van der Waals surface area contributed by atoms with E-state index in [2.05, 4.69) is 10.6 Å². The van der Waals surface area contributed by atoms with Crippen molar-refractivity contribution in [3.05, 3.63) is 70.8 Å². The molecule has 1 atom stereocenters. The highest BCUT2D eigenvalue weighted by Gasteiger charge is 2.30. The van der Waals surface area contributed by atoms with E-state index in [-0.39, 0.29) is 24.1 Å². The van der Waals surface area contributed by atoms with Crippen molar-refractivity contribution in [3.63, 3.8) is 0 Å². The summed E-state index contributed by atoms with van der Waals surface area (Å²) in [6, 6.07) is 11.7. The molecule has 0 aromatic heterocycles. The van der Waals surface area contributed by atoms with E-state index >= 15 is 0 Å². The van der Waals surface area contributed by atoms with Gasteiger partial charge in [-0.15, -0.1) is 0 Å². The molecular formula is C20H19F3N2O2. The third-order valence-corrected chi connectivity index (χ3v) is 4.59. The van der Waals surface area contributed by atoms with E-state index in [4.69, 9.17) is 0 Å². The van der Waals surface area contributed by atoms with Crippen LogP contribution in [0, 0.1) is 0 Å². The second-order valence-corrected chi connectivity index (χ2v) is 6.47. The first-order chi connectivity index (χ1) is 12.8. The third kappa shape index (κ3) is 4.67. The average molecular weight is 376 g/mol. The van der Waals surface area contributed by atoms with Gasteiger partial charge in [-0.1, -0.05) is 24.3 Å². The molecule has 0 saturated heterocycles. The fourth-order valence-electron chi connectivity index (χ4n) is 3.22. The van der Waals surface area contributed by atoms with Crippen LogP contribution in [0.3, 0.4) is 0 Å². The number of fused-ring (bicyclic) bond motifs is 1. The molecule has 2 aromatic rings. The van der Waals surface area contributed by atoms with Crippen molar-refractivity contribution in [1.29, 1.82) is 0 Å². The Hall–Kier alpha value is -2.83. The Kier molecular flexibility index (Phi) is 5.48. The third-order valence-electron chi connectivity index (χ3n) is 4.59. The van der Waals surface area contributed by atoms with Gasteiger partial charge in [0.1, 0.15) is 0 Å². The van der Waals surface area contributed by atoms with Gasteiger partial charge >= 0.3 is 6.18 Å². The highest BCUT2D eigenvalue weighted by atomic mass is 19.4. The first-order valence-electron chi connectivity index (χ1n) is 8.67. The Morgan fingerprint density at radius 1 is 1.04 bits per heavy atom. The zero-order valence-electron chi connectivity index (χ0n) is 14.5. The Morgan fingerprint density at radius 2 is 1.74 bits per heavy atom. The minimum absolute atomic E-state index is 0.0683. The molecule has 0 unspecified atom stereocenters. The molecule has 0 radical (unpaired) electrons. The maximum atomic E-state index is 12.5. The minimum Gasteiger partial charge on any atom is -0.348 e. The second kappa shape index (κ2) is 7.82. The Balaban J connectivity index is 1.54. The van der Waals surface area contributed by atoms with Crippen LogP contribution in [-0.4, -0.2) is 18.4 Å².